The third kappa shape index (κ3) is 2.97. The summed E-state index contributed by atoms with van der Waals surface area (Å²) in [5, 5.41) is 8.67. The number of hydrogen-bond donors (Lipinski definition) is 1. The second-order valence-electron chi connectivity index (χ2n) is 3.28. The first-order chi connectivity index (χ1) is 6.27. The maximum absolute atomic E-state index is 11.1. The van der Waals surface area contributed by atoms with Crippen LogP contribution in [0.5, 0.6) is 0 Å². The minimum atomic E-state index is -0.390. The van der Waals surface area contributed by atoms with E-state index in [-0.39, 0.29) is 12.0 Å². The minimum absolute atomic E-state index is 0.161. The average Bonchev–Trinajstić information content (AvgIpc) is 2.18. The summed E-state index contributed by atoms with van der Waals surface area (Å²) in [6.45, 7) is 3.54. The van der Waals surface area contributed by atoms with Gasteiger partial charge in [-0.15, -0.1) is 0 Å². The topological polar surface area (TPSA) is 49.8 Å². The highest BCUT2D eigenvalue weighted by Gasteiger charge is 2.22. The molecule has 1 saturated heterocycles. The molecular weight excluding hydrogens is 170 g/mol. The largest absolute Gasteiger partial charge is 0.387 e. The molecule has 0 spiro atoms. The van der Waals surface area contributed by atoms with E-state index in [1.165, 1.54) is 0 Å². The molecule has 1 unspecified atom stereocenters. The van der Waals surface area contributed by atoms with Crippen LogP contribution in [0.1, 0.15) is 19.8 Å². The Morgan fingerprint density at radius 2 is 2.46 bits per heavy atom. The van der Waals surface area contributed by atoms with Gasteiger partial charge in [0.05, 0.1) is 12.7 Å². The first kappa shape index (κ1) is 10.5. The molecule has 1 rings (SSSR count). The fourth-order valence-corrected chi connectivity index (χ4v) is 1.54. The van der Waals surface area contributed by atoms with Crippen LogP contribution in [0.3, 0.4) is 0 Å². The van der Waals surface area contributed by atoms with Crippen molar-refractivity contribution >= 4 is 5.91 Å². The molecule has 0 radical (unpaired) electrons. The third-order valence-corrected chi connectivity index (χ3v) is 2.24. The van der Waals surface area contributed by atoms with Gasteiger partial charge in [-0.05, 0) is 6.42 Å². The van der Waals surface area contributed by atoms with E-state index in [0.29, 0.717) is 19.7 Å². The van der Waals surface area contributed by atoms with Crippen LogP contribution in [0.15, 0.2) is 0 Å². The zero-order valence-electron chi connectivity index (χ0n) is 8.03. The monoisotopic (exact) mass is 187 g/mol. The van der Waals surface area contributed by atoms with Crippen molar-refractivity contribution in [3.8, 4) is 0 Å². The number of aliphatic hydroxyl groups excluding tert-OH is 1. The molecule has 1 amide bonds. The molecule has 0 aromatic carbocycles. The highest BCUT2D eigenvalue weighted by atomic mass is 16.5. The molecule has 0 saturated carbocycles. The van der Waals surface area contributed by atoms with Gasteiger partial charge in [-0.1, -0.05) is 13.3 Å². The van der Waals surface area contributed by atoms with Crippen LogP contribution in [0, 0.1) is 0 Å². The number of rotatable bonds is 3. The standard InChI is InChI=1S/C9H17NO3/c1-2-3-8-6-10(4-5-13-8)9(12)7-11/h8,11H,2-7H2,1H3. The lowest BCUT2D eigenvalue weighted by atomic mass is 10.2. The second kappa shape index (κ2) is 5.19. The van der Waals surface area contributed by atoms with Crippen LogP contribution >= 0.6 is 0 Å². The van der Waals surface area contributed by atoms with Gasteiger partial charge in [-0.2, -0.15) is 0 Å². The van der Waals surface area contributed by atoms with Crippen LogP contribution in [0.25, 0.3) is 0 Å². The summed E-state index contributed by atoms with van der Waals surface area (Å²) < 4.78 is 5.47. The maximum Gasteiger partial charge on any atom is 0.248 e. The number of amides is 1. The molecule has 1 N–H and O–H groups in total. The molecule has 0 aromatic rings. The van der Waals surface area contributed by atoms with Crippen molar-refractivity contribution in [1.29, 1.82) is 0 Å². The van der Waals surface area contributed by atoms with Crippen LogP contribution in [-0.2, 0) is 9.53 Å². The Morgan fingerprint density at radius 1 is 1.69 bits per heavy atom. The lowest BCUT2D eigenvalue weighted by Gasteiger charge is -2.32. The van der Waals surface area contributed by atoms with E-state index in [9.17, 15) is 4.79 Å². The highest BCUT2D eigenvalue weighted by molar-refractivity contribution is 5.77. The fourth-order valence-electron chi connectivity index (χ4n) is 1.54. The summed E-state index contributed by atoms with van der Waals surface area (Å²) in [6, 6.07) is 0. The molecule has 13 heavy (non-hydrogen) atoms. The van der Waals surface area contributed by atoms with Gasteiger partial charge < -0.3 is 14.7 Å². The molecule has 1 aliphatic heterocycles. The van der Waals surface area contributed by atoms with Crippen molar-refractivity contribution < 1.29 is 14.6 Å². The predicted octanol–water partition coefficient (Wildman–Crippen LogP) is 0.00620. The first-order valence-corrected chi connectivity index (χ1v) is 4.78. The Labute approximate surface area is 78.5 Å². The SMILES string of the molecule is CCCC1CN(C(=O)CO)CCO1. The van der Waals surface area contributed by atoms with Gasteiger partial charge in [0.1, 0.15) is 6.61 Å². The number of ether oxygens (including phenoxy) is 1. The quantitative estimate of drug-likeness (QED) is 0.677. The lowest BCUT2D eigenvalue weighted by molar-refractivity contribution is -0.141. The summed E-state index contributed by atoms with van der Waals surface area (Å²) in [6.07, 6.45) is 2.20. The Morgan fingerprint density at radius 3 is 3.08 bits per heavy atom. The molecule has 1 atom stereocenters. The molecule has 76 valence electrons. The summed E-state index contributed by atoms with van der Waals surface area (Å²) >= 11 is 0. The van der Waals surface area contributed by atoms with Crippen LogP contribution in [-0.4, -0.2) is 48.3 Å². The normalized spacial score (nSPS) is 23.2. The Balaban J connectivity index is 2.37. The number of morpholine rings is 1. The van der Waals surface area contributed by atoms with Gasteiger partial charge >= 0.3 is 0 Å². The van der Waals surface area contributed by atoms with Crippen molar-refractivity contribution in [2.75, 3.05) is 26.3 Å². The lowest BCUT2D eigenvalue weighted by Crippen LogP contribution is -2.46. The average molecular weight is 187 g/mol. The maximum atomic E-state index is 11.1. The van der Waals surface area contributed by atoms with E-state index in [2.05, 4.69) is 6.92 Å². The van der Waals surface area contributed by atoms with E-state index in [1.54, 1.807) is 4.90 Å². The molecule has 0 bridgehead atoms. The number of carbonyl (C=O) groups is 1. The molecular formula is C9H17NO3. The molecule has 4 heteroatoms. The van der Waals surface area contributed by atoms with E-state index in [0.717, 1.165) is 12.8 Å². The molecule has 0 aliphatic carbocycles. The van der Waals surface area contributed by atoms with Gasteiger partial charge in [0, 0.05) is 13.1 Å². The van der Waals surface area contributed by atoms with E-state index >= 15 is 0 Å². The molecule has 1 heterocycles. The molecule has 0 aromatic heterocycles. The van der Waals surface area contributed by atoms with Crippen LogP contribution < -0.4 is 0 Å². The number of hydrogen-bond acceptors (Lipinski definition) is 3. The van der Waals surface area contributed by atoms with Gasteiger partial charge in [0.15, 0.2) is 0 Å². The minimum Gasteiger partial charge on any atom is -0.387 e. The molecule has 1 fully saturated rings. The Bertz CT molecular complexity index is 170. The van der Waals surface area contributed by atoms with E-state index in [4.69, 9.17) is 9.84 Å². The summed E-state index contributed by atoms with van der Waals surface area (Å²) in [5.41, 5.74) is 0. The predicted molar refractivity (Wildman–Crippen MR) is 48.3 cm³/mol. The van der Waals surface area contributed by atoms with E-state index < -0.39 is 6.61 Å². The number of aliphatic hydroxyl groups is 1. The smallest absolute Gasteiger partial charge is 0.248 e. The number of nitrogens with zero attached hydrogens (tertiary/aromatic N) is 1. The summed E-state index contributed by atoms with van der Waals surface area (Å²) in [5.74, 6) is -0.190. The Hall–Kier alpha value is -0.610. The zero-order valence-corrected chi connectivity index (χ0v) is 8.03. The van der Waals surface area contributed by atoms with Crippen molar-refractivity contribution in [1.82, 2.24) is 4.90 Å². The Kier molecular flexibility index (Phi) is 4.18. The first-order valence-electron chi connectivity index (χ1n) is 4.78. The fraction of sp³-hybridized carbons (Fsp3) is 0.889. The van der Waals surface area contributed by atoms with Gasteiger partial charge in [-0.3, -0.25) is 4.79 Å². The van der Waals surface area contributed by atoms with Crippen molar-refractivity contribution in [3.05, 3.63) is 0 Å². The van der Waals surface area contributed by atoms with Gasteiger partial charge in [0.25, 0.3) is 0 Å². The van der Waals surface area contributed by atoms with Crippen molar-refractivity contribution in [3.63, 3.8) is 0 Å². The van der Waals surface area contributed by atoms with Crippen LogP contribution in [0.2, 0.25) is 0 Å². The van der Waals surface area contributed by atoms with Crippen molar-refractivity contribution in [2.45, 2.75) is 25.9 Å². The zero-order chi connectivity index (χ0) is 9.68. The van der Waals surface area contributed by atoms with Crippen molar-refractivity contribution in [2.24, 2.45) is 0 Å². The van der Waals surface area contributed by atoms with Gasteiger partial charge in [-0.25, -0.2) is 0 Å². The highest BCUT2D eigenvalue weighted by Crippen LogP contribution is 2.10. The van der Waals surface area contributed by atoms with E-state index in [1.807, 2.05) is 0 Å². The summed E-state index contributed by atoms with van der Waals surface area (Å²) in [7, 11) is 0. The summed E-state index contributed by atoms with van der Waals surface area (Å²) in [4.78, 5) is 12.8. The molecule has 1 aliphatic rings. The van der Waals surface area contributed by atoms with Crippen LogP contribution in [0.4, 0.5) is 0 Å². The number of carbonyl (C=O) groups excluding carboxylic acids is 1. The molecule has 4 nitrogen and oxygen atoms in total. The third-order valence-electron chi connectivity index (χ3n) is 2.24. The van der Waals surface area contributed by atoms with Gasteiger partial charge in [0.2, 0.25) is 5.91 Å². The second-order valence-corrected chi connectivity index (χ2v) is 3.28.